The molecule has 0 unspecified atom stereocenters. The lowest BCUT2D eigenvalue weighted by molar-refractivity contribution is 0.528. The highest BCUT2D eigenvalue weighted by atomic mass is 79.9. The van der Waals surface area contributed by atoms with E-state index in [9.17, 15) is 0 Å². The fourth-order valence-corrected chi connectivity index (χ4v) is 2.69. The van der Waals surface area contributed by atoms with Gasteiger partial charge in [0, 0.05) is 15.4 Å². The summed E-state index contributed by atoms with van der Waals surface area (Å²) in [5, 5.41) is 6.86. The number of halogens is 1. The Morgan fingerprint density at radius 3 is 2.76 bits per heavy atom. The Kier molecular flexibility index (Phi) is 4.17. The third kappa shape index (κ3) is 3.59. The molecule has 0 saturated heterocycles. The number of benzene rings is 1. The van der Waals surface area contributed by atoms with E-state index in [0.29, 0.717) is 5.76 Å². The summed E-state index contributed by atoms with van der Waals surface area (Å²) in [4.78, 5) is 4.49. The van der Waals surface area contributed by atoms with Crippen LogP contribution in [0.2, 0.25) is 0 Å². The van der Waals surface area contributed by atoms with Gasteiger partial charge in [0.1, 0.15) is 11.5 Å². The third-order valence-corrected chi connectivity index (χ3v) is 4.03. The van der Waals surface area contributed by atoms with Gasteiger partial charge in [0.15, 0.2) is 0 Å². The molecule has 2 heterocycles. The summed E-state index contributed by atoms with van der Waals surface area (Å²) < 4.78 is 6.45. The maximum Gasteiger partial charge on any atom is 0.203 e. The molecule has 2 aromatic heterocycles. The van der Waals surface area contributed by atoms with Gasteiger partial charge in [-0.15, -0.1) is 11.3 Å². The molecule has 0 fully saturated rings. The molecule has 0 aliphatic carbocycles. The van der Waals surface area contributed by atoms with Crippen molar-refractivity contribution in [3.8, 4) is 11.3 Å². The molecule has 0 atom stereocenters. The Morgan fingerprint density at radius 2 is 2.05 bits per heavy atom. The van der Waals surface area contributed by atoms with Gasteiger partial charge in [-0.05, 0) is 31.2 Å². The number of hydrazone groups is 1. The first-order valence-corrected chi connectivity index (χ1v) is 7.95. The summed E-state index contributed by atoms with van der Waals surface area (Å²) in [6.45, 7) is 1.90. The number of hydrogen-bond acceptors (Lipinski definition) is 5. The monoisotopic (exact) mass is 361 g/mol. The average molecular weight is 362 g/mol. The first-order valence-electron chi connectivity index (χ1n) is 6.28. The number of anilines is 1. The van der Waals surface area contributed by atoms with E-state index in [-0.39, 0.29) is 0 Å². The number of thiazole rings is 1. The van der Waals surface area contributed by atoms with E-state index in [1.807, 2.05) is 48.7 Å². The van der Waals surface area contributed by atoms with Crippen LogP contribution in [0.3, 0.4) is 0 Å². The van der Waals surface area contributed by atoms with E-state index >= 15 is 0 Å². The van der Waals surface area contributed by atoms with Gasteiger partial charge in [-0.25, -0.2) is 4.98 Å². The Labute approximate surface area is 134 Å². The highest BCUT2D eigenvalue weighted by Crippen LogP contribution is 2.26. The third-order valence-electron chi connectivity index (χ3n) is 2.76. The van der Waals surface area contributed by atoms with Crippen LogP contribution < -0.4 is 5.43 Å². The number of nitrogens with one attached hydrogen (secondary N) is 1. The van der Waals surface area contributed by atoms with Gasteiger partial charge in [-0.2, -0.15) is 5.10 Å². The largest absolute Gasteiger partial charge is 0.460 e. The molecule has 1 aromatic carbocycles. The molecule has 0 aliphatic heterocycles. The normalized spacial score (nSPS) is 11.1. The molecule has 4 nitrogen and oxygen atoms in total. The first-order chi connectivity index (χ1) is 10.2. The Balaban J connectivity index is 1.67. The van der Waals surface area contributed by atoms with E-state index in [4.69, 9.17) is 4.42 Å². The quantitative estimate of drug-likeness (QED) is 0.529. The van der Waals surface area contributed by atoms with Crippen LogP contribution in [0.15, 0.2) is 55.8 Å². The molecule has 6 heteroatoms. The van der Waals surface area contributed by atoms with E-state index < -0.39 is 0 Å². The maximum absolute atomic E-state index is 5.40. The number of furan rings is 1. The van der Waals surface area contributed by atoms with Crippen molar-refractivity contribution < 1.29 is 4.42 Å². The van der Waals surface area contributed by atoms with Crippen molar-refractivity contribution in [1.82, 2.24) is 4.98 Å². The van der Waals surface area contributed by atoms with Crippen molar-refractivity contribution in [3.63, 3.8) is 0 Å². The lowest BCUT2D eigenvalue weighted by atomic mass is 10.2. The fourth-order valence-electron chi connectivity index (χ4n) is 1.75. The van der Waals surface area contributed by atoms with E-state index in [2.05, 4.69) is 31.4 Å². The number of rotatable bonds is 4. The summed E-state index contributed by atoms with van der Waals surface area (Å²) in [6, 6.07) is 11.8. The summed E-state index contributed by atoms with van der Waals surface area (Å²) >= 11 is 4.93. The minimum absolute atomic E-state index is 0.713. The lowest BCUT2D eigenvalue weighted by Gasteiger charge is -1.96. The van der Waals surface area contributed by atoms with Crippen molar-refractivity contribution in [2.75, 3.05) is 5.43 Å². The van der Waals surface area contributed by atoms with Gasteiger partial charge >= 0.3 is 0 Å². The molecular weight excluding hydrogens is 350 g/mol. The predicted octanol–water partition coefficient (Wildman–Crippen LogP) is 4.92. The summed E-state index contributed by atoms with van der Waals surface area (Å²) in [5.74, 6) is 1.58. The van der Waals surface area contributed by atoms with Crippen LogP contribution >= 0.6 is 27.3 Å². The van der Waals surface area contributed by atoms with Crippen molar-refractivity contribution >= 4 is 38.6 Å². The van der Waals surface area contributed by atoms with Crippen molar-refractivity contribution in [2.45, 2.75) is 6.92 Å². The molecule has 21 heavy (non-hydrogen) atoms. The fraction of sp³-hybridized carbons (Fsp3) is 0.0667. The molecule has 106 valence electrons. The van der Waals surface area contributed by atoms with Crippen LogP contribution in [-0.2, 0) is 0 Å². The molecule has 0 bridgehead atoms. The molecule has 0 amide bonds. The van der Waals surface area contributed by atoms with Gasteiger partial charge in [-0.1, -0.05) is 28.1 Å². The molecule has 3 rings (SSSR count). The topological polar surface area (TPSA) is 50.4 Å². The average Bonchev–Trinajstić information content (AvgIpc) is 3.09. The SMILES string of the molecule is Cc1ccc(/C=N/Nc2nc(-c3ccc(Br)cc3)cs2)o1. The maximum atomic E-state index is 5.40. The van der Waals surface area contributed by atoms with Crippen LogP contribution in [0.4, 0.5) is 5.13 Å². The summed E-state index contributed by atoms with van der Waals surface area (Å²) in [6.07, 6.45) is 1.63. The second-order valence-electron chi connectivity index (χ2n) is 4.36. The van der Waals surface area contributed by atoms with Crippen molar-refractivity contribution in [3.05, 3.63) is 57.8 Å². The van der Waals surface area contributed by atoms with Gasteiger partial charge in [0.05, 0.1) is 11.9 Å². The van der Waals surface area contributed by atoms with Crippen LogP contribution in [0.25, 0.3) is 11.3 Å². The van der Waals surface area contributed by atoms with Gasteiger partial charge in [0.2, 0.25) is 5.13 Å². The molecule has 0 spiro atoms. The van der Waals surface area contributed by atoms with Gasteiger partial charge in [0.25, 0.3) is 0 Å². The minimum atomic E-state index is 0.713. The summed E-state index contributed by atoms with van der Waals surface area (Å²) in [5.41, 5.74) is 4.92. The Bertz CT molecular complexity index is 761. The molecule has 0 aliphatic rings. The first kappa shape index (κ1) is 14.0. The Hall–Kier alpha value is -1.92. The number of hydrogen-bond donors (Lipinski definition) is 1. The minimum Gasteiger partial charge on any atom is -0.460 e. The Morgan fingerprint density at radius 1 is 1.24 bits per heavy atom. The molecule has 0 radical (unpaired) electrons. The van der Waals surface area contributed by atoms with Crippen LogP contribution in [0, 0.1) is 6.92 Å². The second-order valence-corrected chi connectivity index (χ2v) is 6.14. The predicted molar refractivity (Wildman–Crippen MR) is 89.9 cm³/mol. The van der Waals surface area contributed by atoms with E-state index in [0.717, 1.165) is 26.6 Å². The molecular formula is C15H12BrN3OS. The molecule has 0 saturated carbocycles. The lowest BCUT2D eigenvalue weighted by Crippen LogP contribution is -1.89. The molecule has 1 N–H and O–H groups in total. The zero-order chi connectivity index (χ0) is 14.7. The van der Waals surface area contributed by atoms with Crippen molar-refractivity contribution in [1.29, 1.82) is 0 Å². The number of aryl methyl sites for hydroxylation is 1. The van der Waals surface area contributed by atoms with E-state index in [1.165, 1.54) is 11.3 Å². The van der Waals surface area contributed by atoms with Crippen LogP contribution in [-0.4, -0.2) is 11.2 Å². The highest BCUT2D eigenvalue weighted by molar-refractivity contribution is 9.10. The zero-order valence-electron chi connectivity index (χ0n) is 11.2. The zero-order valence-corrected chi connectivity index (χ0v) is 13.6. The van der Waals surface area contributed by atoms with Gasteiger partial charge in [-0.3, -0.25) is 5.43 Å². The number of nitrogens with zero attached hydrogens (tertiary/aromatic N) is 2. The summed E-state index contributed by atoms with van der Waals surface area (Å²) in [7, 11) is 0. The van der Waals surface area contributed by atoms with Crippen LogP contribution in [0.1, 0.15) is 11.5 Å². The van der Waals surface area contributed by atoms with E-state index in [1.54, 1.807) is 6.21 Å². The number of aromatic nitrogens is 1. The van der Waals surface area contributed by atoms with Crippen LogP contribution in [0.5, 0.6) is 0 Å². The standard InChI is InChI=1S/C15H12BrN3OS/c1-10-2-7-13(20-10)8-17-19-15-18-14(9-21-15)11-3-5-12(16)6-4-11/h2-9H,1H3,(H,18,19)/b17-8+. The molecule has 3 aromatic rings. The highest BCUT2D eigenvalue weighted by Gasteiger charge is 2.03. The van der Waals surface area contributed by atoms with Gasteiger partial charge < -0.3 is 4.42 Å². The van der Waals surface area contributed by atoms with Crippen molar-refractivity contribution in [2.24, 2.45) is 5.10 Å². The second kappa shape index (κ2) is 6.24. The smallest absolute Gasteiger partial charge is 0.203 e.